The van der Waals surface area contributed by atoms with Crippen LogP contribution in [0.25, 0.3) is 0 Å². The fourth-order valence-electron chi connectivity index (χ4n) is 3.69. The van der Waals surface area contributed by atoms with Gasteiger partial charge in [0.2, 0.25) is 0 Å². The molecule has 0 bridgehead atoms. The van der Waals surface area contributed by atoms with Crippen molar-refractivity contribution in [1.29, 1.82) is 0 Å². The Morgan fingerprint density at radius 3 is 2.74 bits per heavy atom. The Hall–Kier alpha value is -3.74. The van der Waals surface area contributed by atoms with Crippen LogP contribution in [-0.2, 0) is 16.1 Å². The quantitative estimate of drug-likeness (QED) is 0.495. The predicted octanol–water partition coefficient (Wildman–Crippen LogP) is 1.58. The second-order valence-corrected chi connectivity index (χ2v) is 7.56. The van der Waals surface area contributed by atoms with Gasteiger partial charge < -0.3 is 14.4 Å². The lowest BCUT2D eigenvalue weighted by Crippen LogP contribution is -2.52. The number of hydrogen-bond donors (Lipinski definition) is 2. The summed E-state index contributed by atoms with van der Waals surface area (Å²) in [5.41, 5.74) is 3.70. The number of hydrazine groups is 1. The molecule has 0 radical (unpaired) electrons. The summed E-state index contributed by atoms with van der Waals surface area (Å²) < 4.78 is 63.0. The van der Waals surface area contributed by atoms with Crippen molar-refractivity contribution in [2.75, 3.05) is 13.2 Å². The third-order valence-electron chi connectivity index (χ3n) is 5.38. The number of hydrogen-bond acceptors (Lipinski definition) is 6. The molecule has 2 aromatic rings. The summed E-state index contributed by atoms with van der Waals surface area (Å²) in [6.45, 7) is 0.476. The number of pyridine rings is 1. The number of halogens is 4. The fraction of sp³-hybridized carbons (Fsp3) is 0.333. The molecule has 180 valence electrons. The molecule has 0 spiro atoms. The summed E-state index contributed by atoms with van der Waals surface area (Å²) in [7, 11) is 0. The number of benzene rings is 1. The van der Waals surface area contributed by atoms with E-state index in [0.717, 1.165) is 18.3 Å². The van der Waals surface area contributed by atoms with Gasteiger partial charge in [0.1, 0.15) is 11.9 Å². The average Bonchev–Trinajstić information content (AvgIpc) is 3.15. The topological polar surface area (TPSA) is 110 Å². The fourth-order valence-corrected chi connectivity index (χ4v) is 3.69. The summed E-state index contributed by atoms with van der Waals surface area (Å²) in [5, 5.41) is 0. The average molecular weight is 482 g/mol. The highest BCUT2D eigenvalue weighted by molar-refractivity contribution is 6.02. The number of ether oxygens (including phenoxy) is 2. The molecule has 34 heavy (non-hydrogen) atoms. The molecule has 2 N–H and O–H groups in total. The van der Waals surface area contributed by atoms with Crippen LogP contribution >= 0.6 is 0 Å². The number of fused-ring (bicyclic) bond motifs is 1. The third-order valence-corrected chi connectivity index (χ3v) is 5.38. The lowest BCUT2D eigenvalue weighted by Gasteiger charge is -2.37. The smallest absolute Gasteiger partial charge is 0.317 e. The molecule has 2 atom stereocenters. The van der Waals surface area contributed by atoms with Crippen molar-refractivity contribution in [1.82, 2.24) is 20.7 Å². The lowest BCUT2D eigenvalue weighted by atomic mass is 10.0. The first-order valence-electron chi connectivity index (χ1n) is 10.1. The van der Waals surface area contributed by atoms with Crippen LogP contribution in [0.4, 0.5) is 17.6 Å². The monoisotopic (exact) mass is 482 g/mol. The Morgan fingerprint density at radius 1 is 1.21 bits per heavy atom. The lowest BCUT2D eigenvalue weighted by molar-refractivity contribution is -0.132. The van der Waals surface area contributed by atoms with E-state index in [2.05, 4.69) is 4.98 Å². The van der Waals surface area contributed by atoms with E-state index in [9.17, 15) is 31.9 Å². The molecule has 3 heterocycles. The van der Waals surface area contributed by atoms with Crippen LogP contribution in [0.15, 0.2) is 30.5 Å². The molecule has 2 aliphatic rings. The first-order valence-corrected chi connectivity index (χ1v) is 10.1. The number of aromatic nitrogens is 1. The maximum absolute atomic E-state index is 14.1. The van der Waals surface area contributed by atoms with Gasteiger partial charge in [0, 0.05) is 18.7 Å². The molecular formula is C21H18F4N4O5. The van der Waals surface area contributed by atoms with Gasteiger partial charge >= 0.3 is 12.3 Å². The molecule has 1 aromatic heterocycles. The number of nitrogens with zero attached hydrogens (tertiary/aromatic N) is 2. The van der Waals surface area contributed by atoms with E-state index in [1.165, 1.54) is 11.0 Å². The molecule has 2 unspecified atom stereocenters. The van der Waals surface area contributed by atoms with Crippen LogP contribution in [0.3, 0.4) is 0 Å². The van der Waals surface area contributed by atoms with Crippen LogP contribution in [-0.4, -0.2) is 59.4 Å². The molecule has 3 amide bonds. The van der Waals surface area contributed by atoms with Crippen molar-refractivity contribution >= 4 is 17.7 Å². The van der Waals surface area contributed by atoms with Crippen molar-refractivity contribution in [2.24, 2.45) is 0 Å². The number of carbonyl (C=O) groups excluding carboxylic acids is 3. The SMILES string of the molecule is O=C(NNC(=O)C(F)F)c1cnc2c(c1)C(=O)N(C1COCCC1Oc1ccc(F)cc1F)C2. The predicted molar refractivity (Wildman–Crippen MR) is 106 cm³/mol. The minimum Gasteiger partial charge on any atom is -0.485 e. The van der Waals surface area contributed by atoms with Gasteiger partial charge in [-0.3, -0.25) is 30.2 Å². The zero-order chi connectivity index (χ0) is 24.4. The number of alkyl halides is 2. The van der Waals surface area contributed by atoms with Crippen molar-refractivity contribution < 1.29 is 41.4 Å². The van der Waals surface area contributed by atoms with Crippen LogP contribution in [0.5, 0.6) is 5.75 Å². The van der Waals surface area contributed by atoms with Gasteiger partial charge in [-0.25, -0.2) is 8.78 Å². The molecule has 0 aliphatic carbocycles. The second-order valence-electron chi connectivity index (χ2n) is 7.56. The molecule has 4 rings (SSSR count). The summed E-state index contributed by atoms with van der Waals surface area (Å²) in [6, 6.07) is 3.53. The van der Waals surface area contributed by atoms with Gasteiger partial charge in [0.05, 0.1) is 42.6 Å². The van der Waals surface area contributed by atoms with Crippen molar-refractivity contribution in [2.45, 2.75) is 31.5 Å². The van der Waals surface area contributed by atoms with Crippen molar-refractivity contribution in [3.8, 4) is 5.75 Å². The summed E-state index contributed by atoms with van der Waals surface area (Å²) in [5.74, 6) is -4.91. The number of amides is 3. The van der Waals surface area contributed by atoms with E-state index in [1.54, 1.807) is 5.43 Å². The van der Waals surface area contributed by atoms with E-state index in [4.69, 9.17) is 9.47 Å². The molecule has 2 aliphatic heterocycles. The Balaban J connectivity index is 1.49. The summed E-state index contributed by atoms with van der Waals surface area (Å²) >= 11 is 0. The number of rotatable bonds is 5. The van der Waals surface area contributed by atoms with Gasteiger partial charge in [0.15, 0.2) is 11.6 Å². The number of carbonyl (C=O) groups is 3. The maximum atomic E-state index is 14.1. The molecule has 1 saturated heterocycles. The summed E-state index contributed by atoms with van der Waals surface area (Å²) in [4.78, 5) is 41.7. The largest absolute Gasteiger partial charge is 0.485 e. The Labute approximate surface area is 190 Å². The van der Waals surface area contributed by atoms with E-state index in [1.807, 2.05) is 5.43 Å². The molecule has 1 aromatic carbocycles. The van der Waals surface area contributed by atoms with Crippen LogP contribution < -0.4 is 15.6 Å². The van der Waals surface area contributed by atoms with E-state index in [-0.39, 0.29) is 30.0 Å². The Morgan fingerprint density at radius 2 is 2.00 bits per heavy atom. The second kappa shape index (κ2) is 9.63. The highest BCUT2D eigenvalue weighted by Gasteiger charge is 2.41. The molecule has 1 fully saturated rings. The Kier molecular flexibility index (Phi) is 6.63. The minimum absolute atomic E-state index is 0.0674. The first-order chi connectivity index (χ1) is 16.2. The van der Waals surface area contributed by atoms with Crippen molar-refractivity contribution in [3.63, 3.8) is 0 Å². The van der Waals surface area contributed by atoms with Crippen LogP contribution in [0.1, 0.15) is 32.8 Å². The molecular weight excluding hydrogens is 464 g/mol. The molecule has 13 heteroatoms. The minimum atomic E-state index is -3.31. The zero-order valence-electron chi connectivity index (χ0n) is 17.4. The van der Waals surface area contributed by atoms with Crippen LogP contribution in [0.2, 0.25) is 0 Å². The molecule has 9 nitrogen and oxygen atoms in total. The normalized spacial score (nSPS) is 19.7. The highest BCUT2D eigenvalue weighted by atomic mass is 19.3. The zero-order valence-corrected chi connectivity index (χ0v) is 17.4. The number of nitrogens with one attached hydrogen (secondary N) is 2. The van der Waals surface area contributed by atoms with Gasteiger partial charge in [-0.15, -0.1) is 0 Å². The molecule has 0 saturated carbocycles. The maximum Gasteiger partial charge on any atom is 0.317 e. The standard InChI is InChI=1S/C21H18F4N4O5/c22-11-1-2-16(13(23)6-11)34-17-3-4-33-9-15(17)29-8-14-12(21(29)32)5-10(7-26-14)19(30)27-28-20(31)18(24)25/h1-2,5-7,15,17-18H,3-4,8-9H2,(H,27,30)(H,28,31). The van der Waals surface area contributed by atoms with E-state index >= 15 is 0 Å². The Bertz CT molecular complexity index is 1130. The van der Waals surface area contributed by atoms with Gasteiger partial charge in [0.25, 0.3) is 11.8 Å². The van der Waals surface area contributed by atoms with E-state index < -0.39 is 47.9 Å². The van der Waals surface area contributed by atoms with Gasteiger partial charge in [-0.1, -0.05) is 0 Å². The van der Waals surface area contributed by atoms with Gasteiger partial charge in [-0.05, 0) is 18.2 Å². The third kappa shape index (κ3) is 4.78. The van der Waals surface area contributed by atoms with Crippen molar-refractivity contribution in [3.05, 3.63) is 58.9 Å². The highest BCUT2D eigenvalue weighted by Crippen LogP contribution is 2.30. The summed E-state index contributed by atoms with van der Waals surface area (Å²) in [6.07, 6.45) is -2.49. The first kappa shape index (κ1) is 23.4. The van der Waals surface area contributed by atoms with Crippen LogP contribution in [0, 0.1) is 11.6 Å². The van der Waals surface area contributed by atoms with E-state index in [0.29, 0.717) is 24.8 Å². The van der Waals surface area contributed by atoms with Gasteiger partial charge in [-0.2, -0.15) is 8.78 Å².